The highest BCUT2D eigenvalue weighted by Crippen LogP contribution is 2.50. The van der Waals surface area contributed by atoms with Crippen molar-refractivity contribution in [1.82, 2.24) is 4.90 Å². The topological polar surface area (TPSA) is 84.9 Å². The van der Waals surface area contributed by atoms with Crippen molar-refractivity contribution < 1.29 is 23.9 Å². The first-order valence-corrected chi connectivity index (χ1v) is 15.0. The molecule has 0 aromatic heterocycles. The summed E-state index contributed by atoms with van der Waals surface area (Å²) in [5.41, 5.74) is 7.26. The van der Waals surface area contributed by atoms with E-state index in [0.717, 1.165) is 80.7 Å². The quantitative estimate of drug-likeness (QED) is 0.350. The van der Waals surface area contributed by atoms with Gasteiger partial charge in [-0.2, -0.15) is 0 Å². The number of nitrogens with zero attached hydrogens (tertiary/aromatic N) is 1. The number of anilines is 1. The highest BCUT2D eigenvalue weighted by atomic mass is 127. The molecule has 0 fully saturated rings. The van der Waals surface area contributed by atoms with Crippen LogP contribution in [-0.2, 0) is 14.4 Å². The Labute approximate surface area is 249 Å². The minimum Gasteiger partial charge on any atom is -0.493 e. The number of carbonyl (C=O) groups excluding carboxylic acids is 3. The molecule has 3 aliphatic rings. The number of aryl methyl sites for hydroxylation is 2. The van der Waals surface area contributed by atoms with Gasteiger partial charge in [0.25, 0.3) is 5.91 Å². The molecule has 0 unspecified atom stereocenters. The molecule has 2 aliphatic carbocycles. The molecular weight excluding hydrogens is 619 g/mol. The fraction of sp³-hybridized carbons (Fsp3) is 0.406. The first-order valence-electron chi connectivity index (χ1n) is 13.9. The van der Waals surface area contributed by atoms with E-state index < -0.39 is 5.92 Å². The zero-order valence-corrected chi connectivity index (χ0v) is 25.6. The molecule has 7 nitrogen and oxygen atoms in total. The molecule has 0 atom stereocenters. The van der Waals surface area contributed by atoms with Gasteiger partial charge >= 0.3 is 0 Å². The number of hydrogen-bond acceptors (Lipinski definition) is 6. The van der Waals surface area contributed by atoms with Crippen LogP contribution in [0.1, 0.15) is 68.1 Å². The van der Waals surface area contributed by atoms with E-state index in [1.54, 1.807) is 7.11 Å². The molecule has 2 aromatic rings. The van der Waals surface area contributed by atoms with Crippen LogP contribution < -0.4 is 14.8 Å². The summed E-state index contributed by atoms with van der Waals surface area (Å²) in [5, 5.41) is 2.92. The predicted molar refractivity (Wildman–Crippen MR) is 163 cm³/mol. The Hall–Kier alpha value is -3.14. The number of allylic oxidation sites excluding steroid dienone is 4. The molecule has 1 heterocycles. The molecule has 0 saturated heterocycles. The fourth-order valence-electron chi connectivity index (χ4n) is 6.17. The van der Waals surface area contributed by atoms with E-state index in [4.69, 9.17) is 9.47 Å². The second kappa shape index (κ2) is 11.8. The lowest BCUT2D eigenvalue weighted by atomic mass is 9.71. The van der Waals surface area contributed by atoms with Crippen molar-refractivity contribution in [2.24, 2.45) is 0 Å². The minimum absolute atomic E-state index is 0.118. The Morgan fingerprint density at radius 1 is 1.00 bits per heavy atom. The molecule has 0 radical (unpaired) electrons. The molecule has 0 bridgehead atoms. The van der Waals surface area contributed by atoms with E-state index in [1.807, 2.05) is 44.2 Å². The van der Waals surface area contributed by atoms with Gasteiger partial charge in [-0.05, 0) is 104 Å². The highest BCUT2D eigenvalue weighted by molar-refractivity contribution is 14.1. The number of benzene rings is 2. The maximum Gasteiger partial charge on any atom is 0.262 e. The largest absolute Gasteiger partial charge is 0.493 e. The van der Waals surface area contributed by atoms with Gasteiger partial charge in [0.15, 0.2) is 29.7 Å². The first-order chi connectivity index (χ1) is 19.2. The Bertz CT molecular complexity index is 1410. The first kappa shape index (κ1) is 28.4. The standard InChI is InChI=1S/C32H35IN2O5/c1-5-35-23-8-6-10-25(36)30(23)29(31-24(35)9-7-11-26(31)37)20-15-21(33)32(27(16-20)39-4)40-17-28(38)34-22-14-18(2)12-13-19(22)3/h12-16,29H,5-11,17H2,1-4H3,(H,34,38). The number of Topliss-reactive ketones (excluding diaryl/α,β-unsaturated/α-hetero) is 2. The average molecular weight is 655 g/mol. The van der Waals surface area contributed by atoms with E-state index >= 15 is 0 Å². The number of amides is 1. The van der Waals surface area contributed by atoms with Crippen LogP contribution in [0.4, 0.5) is 5.69 Å². The van der Waals surface area contributed by atoms with Gasteiger partial charge in [-0.15, -0.1) is 0 Å². The molecule has 1 aliphatic heterocycles. The Balaban J connectivity index is 1.49. The van der Waals surface area contributed by atoms with Gasteiger partial charge in [-0.1, -0.05) is 12.1 Å². The smallest absolute Gasteiger partial charge is 0.262 e. The van der Waals surface area contributed by atoms with Crippen molar-refractivity contribution in [2.75, 3.05) is 25.6 Å². The van der Waals surface area contributed by atoms with Crippen LogP contribution in [0.25, 0.3) is 0 Å². The van der Waals surface area contributed by atoms with Crippen LogP contribution in [0.5, 0.6) is 11.5 Å². The van der Waals surface area contributed by atoms with Gasteiger partial charge in [-0.3, -0.25) is 14.4 Å². The highest BCUT2D eigenvalue weighted by Gasteiger charge is 2.43. The van der Waals surface area contributed by atoms with Gasteiger partial charge in [-0.25, -0.2) is 0 Å². The molecule has 8 heteroatoms. The summed E-state index contributed by atoms with van der Waals surface area (Å²) in [6.45, 7) is 6.56. The van der Waals surface area contributed by atoms with Crippen LogP contribution >= 0.6 is 22.6 Å². The number of nitrogens with one attached hydrogen (secondary N) is 1. The third kappa shape index (κ3) is 5.30. The number of rotatable bonds is 7. The fourth-order valence-corrected chi connectivity index (χ4v) is 6.95. The predicted octanol–water partition coefficient (Wildman–Crippen LogP) is 6.37. The molecule has 1 amide bonds. The maximum absolute atomic E-state index is 13.4. The molecule has 0 spiro atoms. The Kier molecular flexibility index (Phi) is 8.35. The summed E-state index contributed by atoms with van der Waals surface area (Å²) in [6.07, 6.45) is 4.32. The summed E-state index contributed by atoms with van der Waals surface area (Å²) in [5.74, 6) is 0.474. The van der Waals surface area contributed by atoms with Crippen LogP contribution in [-0.4, -0.2) is 42.6 Å². The zero-order valence-electron chi connectivity index (χ0n) is 23.5. The number of halogens is 1. The lowest BCUT2D eigenvalue weighted by Crippen LogP contribution is -2.39. The SMILES string of the molecule is CCN1C2=C(C(=O)CCC2)C(c2cc(I)c(OCC(=O)Nc3cc(C)ccc3C)c(OC)c2)C2=C1CCCC2=O. The molecule has 5 rings (SSSR count). The Morgan fingerprint density at radius 3 is 2.25 bits per heavy atom. The van der Waals surface area contributed by atoms with Crippen LogP contribution in [0.2, 0.25) is 0 Å². The maximum atomic E-state index is 13.4. The van der Waals surface area contributed by atoms with Crippen LogP contribution in [0.15, 0.2) is 52.9 Å². The van der Waals surface area contributed by atoms with Crippen molar-refractivity contribution >= 4 is 45.8 Å². The van der Waals surface area contributed by atoms with Crippen LogP contribution in [0, 0.1) is 17.4 Å². The van der Waals surface area contributed by atoms with Gasteiger partial charge in [0.05, 0.1) is 10.7 Å². The van der Waals surface area contributed by atoms with Crippen molar-refractivity contribution in [2.45, 2.75) is 65.2 Å². The van der Waals surface area contributed by atoms with Gasteiger partial charge < -0.3 is 19.7 Å². The third-order valence-electron chi connectivity index (χ3n) is 8.00. The van der Waals surface area contributed by atoms with Crippen LogP contribution in [0.3, 0.4) is 0 Å². The van der Waals surface area contributed by atoms with Crippen molar-refractivity contribution in [1.29, 1.82) is 0 Å². The second-order valence-corrected chi connectivity index (χ2v) is 11.8. The van der Waals surface area contributed by atoms with E-state index in [9.17, 15) is 14.4 Å². The lowest BCUT2D eigenvalue weighted by Gasteiger charge is -2.43. The number of ketones is 2. The van der Waals surface area contributed by atoms with Gasteiger partial charge in [0.1, 0.15) is 0 Å². The molecule has 2 aromatic carbocycles. The summed E-state index contributed by atoms with van der Waals surface area (Å²) >= 11 is 2.18. The van der Waals surface area contributed by atoms with Crippen molar-refractivity contribution in [3.63, 3.8) is 0 Å². The minimum atomic E-state index is -0.419. The third-order valence-corrected chi connectivity index (χ3v) is 8.80. The number of carbonyl (C=O) groups is 3. The molecule has 0 saturated carbocycles. The molecule has 210 valence electrons. The van der Waals surface area contributed by atoms with E-state index in [0.29, 0.717) is 24.3 Å². The molecule has 40 heavy (non-hydrogen) atoms. The van der Waals surface area contributed by atoms with Crippen molar-refractivity contribution in [3.8, 4) is 11.5 Å². The Morgan fingerprint density at radius 2 is 1.65 bits per heavy atom. The summed E-state index contributed by atoms with van der Waals surface area (Å²) in [7, 11) is 1.56. The second-order valence-electron chi connectivity index (χ2n) is 10.6. The average Bonchev–Trinajstić information content (AvgIpc) is 2.93. The van der Waals surface area contributed by atoms with E-state index in [2.05, 4.69) is 39.7 Å². The van der Waals surface area contributed by atoms with Crippen molar-refractivity contribution in [3.05, 3.63) is 73.1 Å². The number of methoxy groups -OCH3 is 1. The summed E-state index contributed by atoms with van der Waals surface area (Å²) < 4.78 is 12.5. The van der Waals surface area contributed by atoms with E-state index in [1.165, 1.54) is 0 Å². The molecular formula is C32H35IN2O5. The zero-order chi connectivity index (χ0) is 28.6. The summed E-state index contributed by atoms with van der Waals surface area (Å²) in [4.78, 5) is 41.8. The van der Waals surface area contributed by atoms with E-state index in [-0.39, 0.29) is 24.1 Å². The van der Waals surface area contributed by atoms with Gasteiger partial charge in [0.2, 0.25) is 0 Å². The number of ether oxygens (including phenoxy) is 2. The number of hydrogen-bond donors (Lipinski definition) is 1. The monoisotopic (exact) mass is 654 g/mol. The summed E-state index contributed by atoms with van der Waals surface area (Å²) in [6, 6.07) is 9.73. The lowest BCUT2D eigenvalue weighted by molar-refractivity contribution is -0.118. The molecule has 1 N–H and O–H groups in total. The normalized spacial score (nSPS) is 17.6. The van der Waals surface area contributed by atoms with Gasteiger partial charge in [0, 0.05) is 53.5 Å².